The van der Waals surface area contributed by atoms with E-state index in [1.807, 2.05) is 0 Å². The molecule has 4 rings (SSSR count). The third-order valence-electron chi connectivity index (χ3n) is 8.56. The molecule has 0 aliphatic carbocycles. The van der Waals surface area contributed by atoms with Crippen molar-refractivity contribution in [3.63, 3.8) is 0 Å². The van der Waals surface area contributed by atoms with E-state index in [4.69, 9.17) is 0 Å². The van der Waals surface area contributed by atoms with Gasteiger partial charge in [-0.3, -0.25) is 0 Å². The third kappa shape index (κ3) is 13.9. The molecule has 0 fully saturated rings. The van der Waals surface area contributed by atoms with Crippen molar-refractivity contribution in [3.8, 4) is 0 Å². The number of rotatable bonds is 20. The Morgan fingerprint density at radius 3 is 1.02 bits per heavy atom. The topological polar surface area (TPSA) is 57.2 Å². The van der Waals surface area contributed by atoms with Gasteiger partial charge in [0, 0.05) is 5.41 Å². The quantitative estimate of drug-likeness (QED) is 0.0534. The first kappa shape index (κ1) is 38.4. The van der Waals surface area contributed by atoms with Gasteiger partial charge in [-0.15, -0.1) is 0 Å². The molecule has 252 valence electrons. The molecule has 3 nitrogen and oxygen atoms in total. The number of hydrogen-bond acceptors (Lipinski definition) is 3. The Balaban J connectivity index is 0.000000259. The highest BCUT2D eigenvalue weighted by Gasteiger charge is 2.47. The predicted molar refractivity (Wildman–Crippen MR) is 205 cm³/mol. The average molecular weight is 671 g/mol. The molecule has 4 aromatic carbocycles. The van der Waals surface area contributed by atoms with Gasteiger partial charge in [-0.1, -0.05) is 169 Å². The van der Waals surface area contributed by atoms with Crippen molar-refractivity contribution in [1.82, 2.24) is 0 Å². The van der Waals surface area contributed by atoms with Crippen molar-refractivity contribution in [2.75, 3.05) is 0 Å². The lowest BCUT2D eigenvalue weighted by Gasteiger charge is -2.27. The summed E-state index contributed by atoms with van der Waals surface area (Å²) >= 11 is 0. The summed E-state index contributed by atoms with van der Waals surface area (Å²) in [4.78, 5) is 0. The summed E-state index contributed by atoms with van der Waals surface area (Å²) < 4.78 is 31.0. The second-order valence-corrected chi connectivity index (χ2v) is 16.9. The summed E-state index contributed by atoms with van der Waals surface area (Å²) in [5.74, 6) is 0. The van der Waals surface area contributed by atoms with Crippen LogP contribution in [0.15, 0.2) is 133 Å². The van der Waals surface area contributed by atoms with E-state index < -0.39 is 17.4 Å². The second kappa shape index (κ2) is 22.5. The highest BCUT2D eigenvalue weighted by Crippen LogP contribution is 2.54. The first-order valence-corrected chi connectivity index (χ1v) is 21.0. The molecule has 5 heteroatoms. The fourth-order valence-electron chi connectivity index (χ4n) is 6.14. The van der Waals surface area contributed by atoms with Gasteiger partial charge in [-0.25, -0.2) is 8.42 Å². The van der Waals surface area contributed by atoms with Crippen LogP contribution in [0.2, 0.25) is 0 Å². The standard InChI is InChI=1S/C24H20P.C18H36O3S/c1-5-13-21(14-6-1)25(22-15-7-2-8-16-22,23-17-9-3-10-18-23)24-19-11-4-12-20-24;1-2-3-4-5-6-7-8-9-10-11-12-13-14-15-16-17-18-22(19,20)21/h1-20H;17-18H,2-16H2,1H3,(H,19,20,21)/q+1;/p-1. The van der Waals surface area contributed by atoms with Crippen molar-refractivity contribution >= 4 is 38.6 Å². The van der Waals surface area contributed by atoms with Crippen molar-refractivity contribution in [1.29, 1.82) is 0 Å². The van der Waals surface area contributed by atoms with Crippen LogP contribution < -0.4 is 21.2 Å². The Bertz CT molecular complexity index is 1310. The largest absolute Gasteiger partial charge is 0.744 e. The maximum atomic E-state index is 10.3. The molecule has 4 aromatic rings. The molecular formula is C42H55O3PS. The molecule has 0 unspecified atom stereocenters. The van der Waals surface area contributed by atoms with E-state index >= 15 is 0 Å². The van der Waals surface area contributed by atoms with Crippen molar-refractivity contribution in [2.24, 2.45) is 0 Å². The van der Waals surface area contributed by atoms with Gasteiger partial charge in [0.1, 0.15) is 38.6 Å². The Labute approximate surface area is 286 Å². The van der Waals surface area contributed by atoms with Gasteiger partial charge in [0.25, 0.3) is 0 Å². The van der Waals surface area contributed by atoms with Crippen LogP contribution in [0, 0.1) is 0 Å². The number of allylic oxidation sites excluding steroid dienone is 1. The van der Waals surface area contributed by atoms with E-state index in [9.17, 15) is 13.0 Å². The van der Waals surface area contributed by atoms with Crippen LogP contribution in [-0.4, -0.2) is 13.0 Å². The van der Waals surface area contributed by atoms with E-state index in [0.29, 0.717) is 6.42 Å². The maximum Gasteiger partial charge on any atom is 0.144 e. The zero-order valence-electron chi connectivity index (χ0n) is 28.4. The molecule has 0 amide bonds. The van der Waals surface area contributed by atoms with Gasteiger partial charge < -0.3 is 4.55 Å². The molecule has 0 spiro atoms. The summed E-state index contributed by atoms with van der Waals surface area (Å²) in [5.41, 5.74) is 0. The van der Waals surface area contributed by atoms with Crippen molar-refractivity contribution in [3.05, 3.63) is 133 Å². The summed E-state index contributed by atoms with van der Waals surface area (Å²) in [6.07, 6.45) is 20.5. The minimum Gasteiger partial charge on any atom is -0.744 e. The smallest absolute Gasteiger partial charge is 0.144 e. The summed E-state index contributed by atoms with van der Waals surface area (Å²) in [6, 6.07) is 43.8. The van der Waals surface area contributed by atoms with Crippen LogP contribution in [0.5, 0.6) is 0 Å². The van der Waals surface area contributed by atoms with Gasteiger partial charge in [-0.05, 0) is 61.4 Å². The van der Waals surface area contributed by atoms with Crippen molar-refractivity contribution in [2.45, 2.75) is 103 Å². The van der Waals surface area contributed by atoms with Gasteiger partial charge in [-0.2, -0.15) is 0 Å². The molecule has 0 aromatic heterocycles. The maximum absolute atomic E-state index is 10.3. The second-order valence-electron chi connectivity index (χ2n) is 12.3. The van der Waals surface area contributed by atoms with Gasteiger partial charge >= 0.3 is 0 Å². The lowest BCUT2D eigenvalue weighted by atomic mass is 10.0. The van der Waals surface area contributed by atoms with Crippen LogP contribution in [0.25, 0.3) is 0 Å². The molecule has 0 saturated heterocycles. The normalized spacial score (nSPS) is 11.7. The fraction of sp³-hybridized carbons (Fsp3) is 0.381. The molecule has 0 bridgehead atoms. The Kier molecular flexibility index (Phi) is 18.4. The lowest BCUT2D eigenvalue weighted by Crippen LogP contribution is -2.38. The summed E-state index contributed by atoms with van der Waals surface area (Å²) in [6.45, 7) is 2.26. The van der Waals surface area contributed by atoms with Crippen LogP contribution in [0.1, 0.15) is 103 Å². The summed E-state index contributed by atoms with van der Waals surface area (Å²) in [7, 11) is -6.08. The SMILES string of the molecule is CCCCCCCCCCCCCCCCC=CS(=O)(=O)[O-].c1ccc([P+](c2ccccc2)(c2ccccc2)c2ccccc2)cc1. The Hall–Kier alpha value is -3.04. The average Bonchev–Trinajstić information content (AvgIpc) is 3.10. The molecule has 0 aliphatic rings. The van der Waals surface area contributed by atoms with Crippen LogP contribution in [-0.2, 0) is 10.1 Å². The Morgan fingerprint density at radius 2 is 0.745 bits per heavy atom. The fourth-order valence-corrected chi connectivity index (χ4v) is 10.8. The minimum atomic E-state index is -4.17. The monoisotopic (exact) mass is 670 g/mol. The van der Waals surface area contributed by atoms with Crippen molar-refractivity contribution < 1.29 is 13.0 Å². The van der Waals surface area contributed by atoms with Crippen LogP contribution in [0.3, 0.4) is 0 Å². The highest BCUT2D eigenvalue weighted by atomic mass is 32.2. The van der Waals surface area contributed by atoms with Crippen LogP contribution >= 0.6 is 7.26 Å². The molecule has 0 atom stereocenters. The zero-order valence-corrected chi connectivity index (χ0v) is 30.1. The number of unbranched alkanes of at least 4 members (excludes halogenated alkanes) is 14. The van der Waals surface area contributed by atoms with E-state index in [2.05, 4.69) is 128 Å². The first-order chi connectivity index (χ1) is 23.0. The van der Waals surface area contributed by atoms with Crippen LogP contribution in [0.4, 0.5) is 0 Å². The molecule has 0 heterocycles. The van der Waals surface area contributed by atoms with E-state index in [1.54, 1.807) is 0 Å². The predicted octanol–water partition coefficient (Wildman–Crippen LogP) is 10.2. The van der Waals surface area contributed by atoms with E-state index in [0.717, 1.165) is 18.2 Å². The number of hydrogen-bond donors (Lipinski definition) is 0. The molecule has 0 N–H and O–H groups in total. The highest BCUT2D eigenvalue weighted by molar-refractivity contribution is 8.01. The molecule has 0 saturated carbocycles. The number of benzene rings is 4. The third-order valence-corrected chi connectivity index (χ3v) is 13.4. The van der Waals surface area contributed by atoms with E-state index in [-0.39, 0.29) is 0 Å². The first-order valence-electron chi connectivity index (χ1n) is 17.7. The molecule has 0 radical (unpaired) electrons. The molecular weight excluding hydrogens is 616 g/mol. The zero-order chi connectivity index (χ0) is 33.5. The van der Waals surface area contributed by atoms with Gasteiger partial charge in [0.15, 0.2) is 0 Å². The van der Waals surface area contributed by atoms with Gasteiger partial charge in [0.05, 0.1) is 0 Å². The summed E-state index contributed by atoms with van der Waals surface area (Å²) in [5, 5.41) is 6.32. The Morgan fingerprint density at radius 1 is 0.468 bits per heavy atom. The van der Waals surface area contributed by atoms with E-state index in [1.165, 1.54) is 104 Å². The minimum absolute atomic E-state index is 0.694. The van der Waals surface area contributed by atoms with Gasteiger partial charge in [0.2, 0.25) is 0 Å². The molecule has 0 aliphatic heterocycles. The molecule has 47 heavy (non-hydrogen) atoms. The lowest BCUT2D eigenvalue weighted by molar-refractivity contribution is 0.474.